The summed E-state index contributed by atoms with van der Waals surface area (Å²) in [6.07, 6.45) is 2.91. The van der Waals surface area contributed by atoms with Gasteiger partial charge in [-0.1, -0.05) is 18.2 Å². The molecule has 1 aliphatic heterocycles. The summed E-state index contributed by atoms with van der Waals surface area (Å²) >= 11 is 0. The van der Waals surface area contributed by atoms with Crippen LogP contribution >= 0.6 is 0 Å². The largest absolute Gasteiger partial charge is 0.285 e. The van der Waals surface area contributed by atoms with Gasteiger partial charge in [0, 0.05) is 6.20 Å². The SMILES string of the molecule is NS(=O)(=O)c1ncccc1CCCCON1C(=O)c2ccccc2C1=O. The number of aryl methyl sites for hydroxylation is 1. The maximum absolute atomic E-state index is 12.1. The molecule has 9 heteroatoms. The minimum Gasteiger partial charge on any atom is -0.266 e. The van der Waals surface area contributed by atoms with Crippen LogP contribution in [-0.2, 0) is 21.3 Å². The van der Waals surface area contributed by atoms with Crippen molar-refractivity contribution in [1.29, 1.82) is 0 Å². The number of primary sulfonamides is 1. The van der Waals surface area contributed by atoms with Crippen LogP contribution in [0.5, 0.6) is 0 Å². The maximum Gasteiger partial charge on any atom is 0.285 e. The molecule has 2 heterocycles. The molecule has 1 aromatic heterocycles. The summed E-state index contributed by atoms with van der Waals surface area (Å²) in [4.78, 5) is 33.4. The van der Waals surface area contributed by atoms with Crippen LogP contribution in [0.1, 0.15) is 39.1 Å². The van der Waals surface area contributed by atoms with E-state index in [4.69, 9.17) is 9.98 Å². The molecule has 2 aromatic rings. The summed E-state index contributed by atoms with van der Waals surface area (Å²) in [5, 5.41) is 5.78. The van der Waals surface area contributed by atoms with Gasteiger partial charge < -0.3 is 0 Å². The Morgan fingerprint density at radius 1 is 1.00 bits per heavy atom. The molecule has 2 N–H and O–H groups in total. The third-order valence-electron chi connectivity index (χ3n) is 3.94. The molecule has 1 aliphatic rings. The van der Waals surface area contributed by atoms with Gasteiger partial charge in [0.25, 0.3) is 21.8 Å². The van der Waals surface area contributed by atoms with E-state index < -0.39 is 21.8 Å². The third-order valence-corrected chi connectivity index (χ3v) is 4.84. The molecule has 3 rings (SSSR count). The number of hydrogen-bond acceptors (Lipinski definition) is 6. The van der Waals surface area contributed by atoms with Crippen LogP contribution in [-0.4, -0.2) is 36.9 Å². The minimum atomic E-state index is -3.87. The quantitative estimate of drug-likeness (QED) is 0.575. The molecular formula is C17H17N3O5S. The van der Waals surface area contributed by atoms with Crippen molar-refractivity contribution < 1.29 is 22.8 Å². The van der Waals surface area contributed by atoms with Gasteiger partial charge in [-0.3, -0.25) is 14.4 Å². The lowest BCUT2D eigenvalue weighted by atomic mass is 10.1. The molecule has 0 saturated heterocycles. The van der Waals surface area contributed by atoms with Gasteiger partial charge in [0.05, 0.1) is 17.7 Å². The summed E-state index contributed by atoms with van der Waals surface area (Å²) in [5.74, 6) is -0.955. The Kier molecular flexibility index (Phi) is 5.12. The van der Waals surface area contributed by atoms with E-state index in [9.17, 15) is 18.0 Å². The van der Waals surface area contributed by atoms with E-state index in [1.807, 2.05) is 0 Å². The molecule has 0 unspecified atom stereocenters. The molecule has 26 heavy (non-hydrogen) atoms. The first-order valence-corrected chi connectivity index (χ1v) is 9.51. The number of unbranched alkanes of at least 4 members (excludes halogenated alkanes) is 1. The number of amides is 2. The summed E-state index contributed by atoms with van der Waals surface area (Å²) in [6.45, 7) is 0.149. The van der Waals surface area contributed by atoms with Crippen molar-refractivity contribution >= 4 is 21.8 Å². The van der Waals surface area contributed by atoms with Crippen molar-refractivity contribution in [2.24, 2.45) is 5.14 Å². The maximum atomic E-state index is 12.1. The fraction of sp³-hybridized carbons (Fsp3) is 0.235. The Labute approximate surface area is 150 Å². The second kappa shape index (κ2) is 7.32. The number of pyridine rings is 1. The Balaban J connectivity index is 1.52. The van der Waals surface area contributed by atoms with Gasteiger partial charge in [-0.2, -0.15) is 0 Å². The molecule has 2 amide bonds. The van der Waals surface area contributed by atoms with Crippen LogP contribution in [0.15, 0.2) is 47.6 Å². The van der Waals surface area contributed by atoms with Crippen molar-refractivity contribution in [2.45, 2.75) is 24.3 Å². The highest BCUT2D eigenvalue weighted by Crippen LogP contribution is 2.22. The minimum absolute atomic E-state index is 0.138. The Morgan fingerprint density at radius 3 is 2.27 bits per heavy atom. The molecule has 136 valence electrons. The van der Waals surface area contributed by atoms with Gasteiger partial charge in [0.1, 0.15) is 0 Å². The van der Waals surface area contributed by atoms with Crippen molar-refractivity contribution in [3.63, 3.8) is 0 Å². The van der Waals surface area contributed by atoms with E-state index in [0.29, 0.717) is 36.0 Å². The number of hydroxylamine groups is 2. The number of fused-ring (bicyclic) bond motifs is 1. The van der Waals surface area contributed by atoms with Gasteiger partial charge in [-0.05, 0) is 43.0 Å². The van der Waals surface area contributed by atoms with Gasteiger partial charge in [0.2, 0.25) is 0 Å². The lowest BCUT2D eigenvalue weighted by Gasteiger charge is -2.13. The van der Waals surface area contributed by atoms with E-state index in [1.54, 1.807) is 36.4 Å². The van der Waals surface area contributed by atoms with Gasteiger partial charge in [0.15, 0.2) is 5.03 Å². The molecule has 0 spiro atoms. The number of sulfonamides is 1. The second-order valence-electron chi connectivity index (χ2n) is 5.75. The Hall–Kier alpha value is -2.62. The third kappa shape index (κ3) is 3.64. The standard InChI is InChI=1S/C17H17N3O5S/c18-26(23,24)15-12(7-5-10-19-15)6-3-4-11-25-20-16(21)13-8-1-2-9-14(13)17(20)22/h1-2,5,7-10H,3-4,6,11H2,(H2,18,23,24). The molecule has 0 atom stereocenters. The number of imide groups is 1. The average molecular weight is 375 g/mol. The zero-order valence-corrected chi connectivity index (χ0v) is 14.6. The van der Waals surface area contributed by atoms with Crippen LogP contribution in [0.3, 0.4) is 0 Å². The lowest BCUT2D eigenvalue weighted by molar-refractivity contribution is -0.0922. The first kappa shape index (κ1) is 18.2. The molecular weight excluding hydrogens is 358 g/mol. The zero-order valence-electron chi connectivity index (χ0n) is 13.8. The number of carbonyl (C=O) groups is 2. The number of aromatic nitrogens is 1. The summed E-state index contributed by atoms with van der Waals surface area (Å²) in [7, 11) is -3.87. The van der Waals surface area contributed by atoms with E-state index >= 15 is 0 Å². The van der Waals surface area contributed by atoms with Crippen molar-refractivity contribution in [1.82, 2.24) is 10.0 Å². The van der Waals surface area contributed by atoms with Gasteiger partial charge >= 0.3 is 0 Å². The van der Waals surface area contributed by atoms with Gasteiger partial charge in [-0.25, -0.2) is 18.5 Å². The highest BCUT2D eigenvalue weighted by atomic mass is 32.2. The Morgan fingerprint density at radius 2 is 1.65 bits per heavy atom. The first-order valence-electron chi connectivity index (χ1n) is 7.97. The monoisotopic (exact) mass is 375 g/mol. The number of carbonyl (C=O) groups excluding carboxylic acids is 2. The molecule has 0 radical (unpaired) electrons. The van der Waals surface area contributed by atoms with E-state index in [0.717, 1.165) is 5.06 Å². The van der Waals surface area contributed by atoms with Crippen molar-refractivity contribution in [2.75, 3.05) is 6.61 Å². The first-order chi connectivity index (χ1) is 12.4. The molecule has 0 saturated carbocycles. The highest BCUT2D eigenvalue weighted by Gasteiger charge is 2.36. The number of benzene rings is 1. The smallest absolute Gasteiger partial charge is 0.266 e. The molecule has 0 bridgehead atoms. The summed E-state index contributed by atoms with van der Waals surface area (Å²) in [6, 6.07) is 9.82. The average Bonchev–Trinajstić information content (AvgIpc) is 2.86. The van der Waals surface area contributed by atoms with Crippen LogP contribution in [0.2, 0.25) is 0 Å². The number of rotatable bonds is 7. The van der Waals surface area contributed by atoms with Crippen molar-refractivity contribution in [3.05, 3.63) is 59.3 Å². The molecule has 8 nitrogen and oxygen atoms in total. The molecule has 1 aromatic carbocycles. The fourth-order valence-electron chi connectivity index (χ4n) is 2.73. The second-order valence-corrected chi connectivity index (χ2v) is 7.23. The highest BCUT2D eigenvalue weighted by molar-refractivity contribution is 7.89. The summed E-state index contributed by atoms with van der Waals surface area (Å²) in [5.41, 5.74) is 1.17. The van der Waals surface area contributed by atoms with Crippen LogP contribution < -0.4 is 5.14 Å². The molecule has 0 fully saturated rings. The number of nitrogens with zero attached hydrogens (tertiary/aromatic N) is 2. The van der Waals surface area contributed by atoms with Crippen LogP contribution in [0.4, 0.5) is 0 Å². The van der Waals surface area contributed by atoms with E-state index in [-0.39, 0.29) is 11.6 Å². The van der Waals surface area contributed by atoms with Crippen LogP contribution in [0, 0.1) is 0 Å². The van der Waals surface area contributed by atoms with Gasteiger partial charge in [-0.15, -0.1) is 5.06 Å². The van der Waals surface area contributed by atoms with E-state index in [1.165, 1.54) is 6.20 Å². The number of hydrogen-bond donors (Lipinski definition) is 1. The van der Waals surface area contributed by atoms with Crippen LogP contribution in [0.25, 0.3) is 0 Å². The summed E-state index contributed by atoms with van der Waals surface area (Å²) < 4.78 is 23.0. The topological polar surface area (TPSA) is 120 Å². The normalized spacial score (nSPS) is 14.0. The predicted molar refractivity (Wildman–Crippen MR) is 91.4 cm³/mol. The lowest BCUT2D eigenvalue weighted by Crippen LogP contribution is -2.30. The molecule has 0 aliphatic carbocycles. The Bertz CT molecular complexity index is 923. The van der Waals surface area contributed by atoms with E-state index in [2.05, 4.69) is 4.98 Å². The predicted octanol–water partition coefficient (Wildman–Crippen LogP) is 1.28. The zero-order chi connectivity index (χ0) is 18.7. The van der Waals surface area contributed by atoms with Crippen molar-refractivity contribution in [3.8, 4) is 0 Å². The fourth-order valence-corrected chi connectivity index (χ4v) is 3.47. The number of nitrogens with two attached hydrogens (primary N) is 1.